The number of nitrogens with one attached hydrogen (secondary N) is 1. The Morgan fingerprint density at radius 2 is 1.74 bits per heavy atom. The average Bonchev–Trinajstić information content (AvgIpc) is 3.27. The molecule has 1 fully saturated rings. The first kappa shape index (κ1) is 14.5. The van der Waals surface area contributed by atoms with E-state index in [2.05, 4.69) is 48.3 Å². The zero-order valence-electron chi connectivity index (χ0n) is 12.5. The summed E-state index contributed by atoms with van der Waals surface area (Å²) in [6.45, 7) is 9.00. The van der Waals surface area contributed by atoms with Crippen molar-refractivity contribution >= 4 is 0 Å². The van der Waals surface area contributed by atoms with Crippen molar-refractivity contribution in [1.29, 1.82) is 0 Å². The fourth-order valence-electron chi connectivity index (χ4n) is 2.52. The van der Waals surface area contributed by atoms with Crippen LogP contribution in [0.1, 0.15) is 44.2 Å². The second kappa shape index (κ2) is 7.66. The summed E-state index contributed by atoms with van der Waals surface area (Å²) in [5.41, 5.74) is 2.90. The largest absolute Gasteiger partial charge is 0.316 e. The molecule has 1 saturated carbocycles. The summed E-state index contributed by atoms with van der Waals surface area (Å²) in [5, 5.41) is 3.45. The van der Waals surface area contributed by atoms with Gasteiger partial charge in [-0.3, -0.25) is 4.90 Å². The van der Waals surface area contributed by atoms with Crippen LogP contribution in [0.4, 0.5) is 0 Å². The van der Waals surface area contributed by atoms with E-state index < -0.39 is 0 Å². The Labute approximate surface area is 118 Å². The highest BCUT2D eigenvalue weighted by Crippen LogP contribution is 2.27. The molecular weight excluding hydrogens is 232 g/mol. The van der Waals surface area contributed by atoms with Crippen molar-refractivity contribution in [3.05, 3.63) is 35.4 Å². The molecule has 0 amide bonds. The van der Waals surface area contributed by atoms with E-state index in [0.717, 1.165) is 32.1 Å². The van der Waals surface area contributed by atoms with E-state index in [-0.39, 0.29) is 0 Å². The normalized spacial score (nSPS) is 15.1. The Kier molecular flexibility index (Phi) is 5.87. The Hall–Kier alpha value is -0.860. The lowest BCUT2D eigenvalue weighted by atomic mass is 10.1. The van der Waals surface area contributed by atoms with Gasteiger partial charge in [0, 0.05) is 12.6 Å². The molecular formula is C17H28N2. The van der Waals surface area contributed by atoms with Crippen LogP contribution < -0.4 is 5.32 Å². The van der Waals surface area contributed by atoms with Crippen molar-refractivity contribution in [1.82, 2.24) is 10.2 Å². The van der Waals surface area contributed by atoms with Crippen LogP contribution in [-0.2, 0) is 13.0 Å². The zero-order valence-corrected chi connectivity index (χ0v) is 12.5. The molecule has 2 rings (SSSR count). The number of hydrogen-bond acceptors (Lipinski definition) is 2. The predicted octanol–water partition coefficient (Wildman–Crippen LogP) is 3.21. The van der Waals surface area contributed by atoms with Gasteiger partial charge in [-0.2, -0.15) is 0 Å². The van der Waals surface area contributed by atoms with Crippen molar-refractivity contribution in [2.75, 3.05) is 19.6 Å². The van der Waals surface area contributed by atoms with Gasteiger partial charge in [-0.1, -0.05) is 38.1 Å². The monoisotopic (exact) mass is 260 g/mol. The summed E-state index contributed by atoms with van der Waals surface area (Å²) >= 11 is 0. The van der Waals surface area contributed by atoms with Crippen LogP contribution in [0.15, 0.2) is 24.3 Å². The van der Waals surface area contributed by atoms with Gasteiger partial charge in [0.15, 0.2) is 0 Å². The third kappa shape index (κ3) is 4.96. The molecule has 2 heteroatoms. The van der Waals surface area contributed by atoms with Crippen LogP contribution in [0.25, 0.3) is 0 Å². The highest BCUT2D eigenvalue weighted by molar-refractivity contribution is 5.23. The Morgan fingerprint density at radius 3 is 2.32 bits per heavy atom. The van der Waals surface area contributed by atoms with Crippen molar-refractivity contribution in [3.8, 4) is 0 Å². The van der Waals surface area contributed by atoms with Crippen molar-refractivity contribution in [2.24, 2.45) is 0 Å². The predicted molar refractivity (Wildman–Crippen MR) is 82.4 cm³/mol. The van der Waals surface area contributed by atoms with Gasteiger partial charge in [-0.05, 0) is 56.4 Å². The van der Waals surface area contributed by atoms with Crippen molar-refractivity contribution < 1.29 is 0 Å². The summed E-state index contributed by atoms with van der Waals surface area (Å²) < 4.78 is 0. The summed E-state index contributed by atoms with van der Waals surface area (Å²) in [6, 6.07) is 10.1. The molecule has 0 aliphatic heterocycles. The molecule has 0 bridgehead atoms. The fraction of sp³-hybridized carbons (Fsp3) is 0.647. The molecule has 0 saturated heterocycles. The van der Waals surface area contributed by atoms with E-state index in [1.807, 2.05) is 0 Å². The molecule has 0 aromatic heterocycles. The minimum absolute atomic E-state index is 0.864. The molecule has 1 N–H and O–H groups in total. The standard InChI is InChI=1S/C17H28N2/c1-3-12-18-13-11-15-5-7-16(8-6-15)14-19(4-2)17-9-10-17/h5-8,17-18H,3-4,9-14H2,1-2H3. The zero-order chi connectivity index (χ0) is 13.5. The first-order chi connectivity index (χ1) is 9.33. The van der Waals surface area contributed by atoms with E-state index in [4.69, 9.17) is 0 Å². The SMILES string of the molecule is CCCNCCc1ccc(CN(CC)C2CC2)cc1. The van der Waals surface area contributed by atoms with Gasteiger partial charge < -0.3 is 5.32 Å². The van der Waals surface area contributed by atoms with Crippen LogP contribution in [-0.4, -0.2) is 30.6 Å². The van der Waals surface area contributed by atoms with Gasteiger partial charge in [0.25, 0.3) is 0 Å². The highest BCUT2D eigenvalue weighted by Gasteiger charge is 2.27. The first-order valence-corrected chi connectivity index (χ1v) is 7.86. The summed E-state index contributed by atoms with van der Waals surface area (Å²) in [7, 11) is 0. The lowest BCUT2D eigenvalue weighted by molar-refractivity contribution is 0.269. The van der Waals surface area contributed by atoms with E-state index >= 15 is 0 Å². The van der Waals surface area contributed by atoms with Crippen LogP contribution in [0.5, 0.6) is 0 Å². The molecule has 0 spiro atoms. The smallest absolute Gasteiger partial charge is 0.0236 e. The number of rotatable bonds is 9. The van der Waals surface area contributed by atoms with E-state index in [1.54, 1.807) is 0 Å². The molecule has 2 nitrogen and oxygen atoms in total. The van der Waals surface area contributed by atoms with Crippen molar-refractivity contribution in [3.63, 3.8) is 0 Å². The molecule has 106 valence electrons. The van der Waals surface area contributed by atoms with Crippen LogP contribution >= 0.6 is 0 Å². The maximum Gasteiger partial charge on any atom is 0.0236 e. The first-order valence-electron chi connectivity index (χ1n) is 7.86. The van der Waals surface area contributed by atoms with Crippen LogP contribution in [0.3, 0.4) is 0 Å². The van der Waals surface area contributed by atoms with E-state index in [1.165, 1.54) is 36.9 Å². The molecule has 19 heavy (non-hydrogen) atoms. The Bertz CT molecular complexity index is 354. The van der Waals surface area contributed by atoms with Gasteiger partial charge in [0.1, 0.15) is 0 Å². The molecule has 0 atom stereocenters. The lowest BCUT2D eigenvalue weighted by Crippen LogP contribution is -2.24. The average molecular weight is 260 g/mol. The molecule has 1 aromatic rings. The maximum absolute atomic E-state index is 3.45. The molecule has 1 aromatic carbocycles. The molecule has 1 aliphatic carbocycles. The maximum atomic E-state index is 3.45. The molecule has 1 aliphatic rings. The van der Waals surface area contributed by atoms with Gasteiger partial charge in [0.05, 0.1) is 0 Å². The van der Waals surface area contributed by atoms with Crippen molar-refractivity contribution in [2.45, 2.75) is 52.1 Å². The lowest BCUT2D eigenvalue weighted by Gasteiger charge is -2.19. The topological polar surface area (TPSA) is 15.3 Å². The van der Waals surface area contributed by atoms with Gasteiger partial charge in [0.2, 0.25) is 0 Å². The van der Waals surface area contributed by atoms with Gasteiger partial charge in [-0.25, -0.2) is 0 Å². The second-order valence-corrected chi connectivity index (χ2v) is 5.61. The quantitative estimate of drug-likeness (QED) is 0.686. The van der Waals surface area contributed by atoms with Gasteiger partial charge >= 0.3 is 0 Å². The van der Waals surface area contributed by atoms with E-state index in [0.29, 0.717) is 0 Å². The van der Waals surface area contributed by atoms with Crippen LogP contribution in [0.2, 0.25) is 0 Å². The highest BCUT2D eigenvalue weighted by atomic mass is 15.2. The van der Waals surface area contributed by atoms with Crippen LogP contribution in [0, 0.1) is 0 Å². The Balaban J connectivity index is 1.77. The number of hydrogen-bond donors (Lipinski definition) is 1. The Morgan fingerprint density at radius 1 is 1.05 bits per heavy atom. The molecule has 0 radical (unpaired) electrons. The number of benzene rings is 1. The minimum Gasteiger partial charge on any atom is -0.316 e. The number of nitrogens with zero attached hydrogens (tertiary/aromatic N) is 1. The third-order valence-electron chi connectivity index (χ3n) is 3.90. The molecule has 0 unspecified atom stereocenters. The van der Waals surface area contributed by atoms with E-state index in [9.17, 15) is 0 Å². The van der Waals surface area contributed by atoms with Gasteiger partial charge in [-0.15, -0.1) is 0 Å². The minimum atomic E-state index is 0.864. The summed E-state index contributed by atoms with van der Waals surface area (Å²) in [6.07, 6.45) is 5.15. The fourth-order valence-corrected chi connectivity index (χ4v) is 2.52. The molecule has 0 heterocycles. The third-order valence-corrected chi connectivity index (χ3v) is 3.90. The second-order valence-electron chi connectivity index (χ2n) is 5.61. The summed E-state index contributed by atoms with van der Waals surface area (Å²) in [5.74, 6) is 0. The summed E-state index contributed by atoms with van der Waals surface area (Å²) in [4.78, 5) is 2.60.